The Hall–Kier alpha value is -3.28. The molecule has 0 radical (unpaired) electrons. The highest BCUT2D eigenvalue weighted by Gasteiger charge is 2.18. The second-order valence-corrected chi connectivity index (χ2v) is 5.85. The lowest BCUT2D eigenvalue weighted by Gasteiger charge is -2.10. The van der Waals surface area contributed by atoms with Crippen LogP contribution in [0.25, 0.3) is 0 Å². The fraction of sp³-hybridized carbons (Fsp3) is 0.130. The van der Waals surface area contributed by atoms with E-state index in [1.54, 1.807) is 79.9 Å². The molecule has 5 heteroatoms. The molecule has 144 valence electrons. The first-order valence-electron chi connectivity index (χ1n) is 8.67. The number of carbonyl (C=O) groups excluding carboxylic acids is 2. The summed E-state index contributed by atoms with van der Waals surface area (Å²) in [6.07, 6.45) is -1.13. The van der Waals surface area contributed by atoms with Gasteiger partial charge in [-0.1, -0.05) is 60.7 Å². The van der Waals surface area contributed by atoms with Gasteiger partial charge in [0.15, 0.2) is 11.6 Å². The maximum atomic E-state index is 12.1. The molecule has 3 aromatic rings. The van der Waals surface area contributed by atoms with E-state index in [1.165, 1.54) is 0 Å². The number of benzene rings is 3. The largest absolute Gasteiger partial charge is 0.497 e. The number of aliphatic hydroxyl groups excluding tert-OH is 2. The van der Waals surface area contributed by atoms with Gasteiger partial charge >= 0.3 is 0 Å². The Morgan fingerprint density at radius 3 is 1.86 bits per heavy atom. The third-order valence-electron chi connectivity index (χ3n) is 3.98. The van der Waals surface area contributed by atoms with E-state index < -0.39 is 12.7 Å². The van der Waals surface area contributed by atoms with Crippen LogP contribution in [0.1, 0.15) is 32.4 Å². The molecule has 0 heterocycles. The first kappa shape index (κ1) is 21.0. The van der Waals surface area contributed by atoms with Crippen LogP contribution in [0, 0.1) is 0 Å². The topological polar surface area (TPSA) is 83.8 Å². The predicted molar refractivity (Wildman–Crippen MR) is 107 cm³/mol. The van der Waals surface area contributed by atoms with Gasteiger partial charge in [0.25, 0.3) is 0 Å². The van der Waals surface area contributed by atoms with E-state index in [4.69, 9.17) is 9.84 Å². The SMILES string of the molecule is COc1ccc(C(=O)C(O)c2ccccc2)cc1.O=C(CO)c1ccccc1. The van der Waals surface area contributed by atoms with Gasteiger partial charge in [-0.15, -0.1) is 0 Å². The number of methoxy groups -OCH3 is 1. The molecule has 0 bridgehead atoms. The Bertz CT molecular complexity index is 874. The quantitative estimate of drug-likeness (QED) is 0.642. The van der Waals surface area contributed by atoms with Gasteiger partial charge in [-0.3, -0.25) is 9.59 Å². The molecule has 0 saturated carbocycles. The summed E-state index contributed by atoms with van der Waals surface area (Å²) in [5, 5.41) is 18.4. The molecule has 0 aromatic heterocycles. The number of aliphatic hydroxyl groups is 2. The maximum Gasteiger partial charge on any atom is 0.195 e. The molecule has 0 saturated heterocycles. The van der Waals surface area contributed by atoms with Crippen molar-refractivity contribution in [2.75, 3.05) is 13.7 Å². The van der Waals surface area contributed by atoms with Gasteiger partial charge in [0.2, 0.25) is 0 Å². The molecule has 0 aliphatic heterocycles. The zero-order chi connectivity index (χ0) is 20.4. The fourth-order valence-corrected chi connectivity index (χ4v) is 2.42. The number of rotatable bonds is 6. The average molecular weight is 378 g/mol. The molecule has 0 spiro atoms. The van der Waals surface area contributed by atoms with Crippen LogP contribution in [0.3, 0.4) is 0 Å². The van der Waals surface area contributed by atoms with Gasteiger partial charge in [0.05, 0.1) is 7.11 Å². The van der Waals surface area contributed by atoms with Gasteiger partial charge in [0, 0.05) is 11.1 Å². The summed E-state index contributed by atoms with van der Waals surface area (Å²) < 4.78 is 5.02. The van der Waals surface area contributed by atoms with Crippen LogP contribution in [0.2, 0.25) is 0 Å². The van der Waals surface area contributed by atoms with Gasteiger partial charge < -0.3 is 14.9 Å². The second kappa shape index (κ2) is 10.8. The lowest BCUT2D eigenvalue weighted by atomic mass is 10.00. The van der Waals surface area contributed by atoms with Gasteiger partial charge in [0.1, 0.15) is 18.5 Å². The lowest BCUT2D eigenvalue weighted by Crippen LogP contribution is -2.12. The minimum Gasteiger partial charge on any atom is -0.497 e. The molecule has 3 rings (SSSR count). The van der Waals surface area contributed by atoms with Crippen molar-refractivity contribution >= 4 is 11.6 Å². The molecular weight excluding hydrogens is 356 g/mol. The highest BCUT2D eigenvalue weighted by Crippen LogP contribution is 2.20. The number of Topliss-reactive ketones (excluding diaryl/α,β-unsaturated/α-hetero) is 2. The molecule has 0 aliphatic carbocycles. The number of ether oxygens (including phenoxy) is 1. The van der Waals surface area contributed by atoms with Crippen molar-refractivity contribution in [2.24, 2.45) is 0 Å². The standard InChI is InChI=1S/C15H14O3.C8H8O2/c1-18-13-9-7-12(8-10-13)15(17)14(16)11-5-3-2-4-6-11;9-6-8(10)7-4-2-1-3-5-7/h2-10,14,16H,1H3;1-5,9H,6H2. The van der Waals surface area contributed by atoms with E-state index in [1.807, 2.05) is 12.1 Å². The molecular formula is C23H22O5. The number of carbonyl (C=O) groups is 2. The minimum absolute atomic E-state index is 0.236. The number of hydrogen-bond acceptors (Lipinski definition) is 5. The highest BCUT2D eigenvalue weighted by atomic mass is 16.5. The molecule has 0 aliphatic rings. The van der Waals surface area contributed by atoms with Crippen LogP contribution >= 0.6 is 0 Å². The number of ketones is 2. The van der Waals surface area contributed by atoms with Crippen molar-refractivity contribution in [3.8, 4) is 5.75 Å². The van der Waals surface area contributed by atoms with Crippen LogP contribution in [-0.2, 0) is 0 Å². The van der Waals surface area contributed by atoms with Crippen LogP contribution in [-0.4, -0.2) is 35.5 Å². The molecule has 3 aromatic carbocycles. The van der Waals surface area contributed by atoms with Crippen molar-refractivity contribution in [2.45, 2.75) is 6.10 Å². The molecule has 2 N–H and O–H groups in total. The summed E-state index contributed by atoms with van der Waals surface area (Å²) in [6, 6.07) is 24.3. The summed E-state index contributed by atoms with van der Waals surface area (Å²) in [7, 11) is 1.57. The van der Waals surface area contributed by atoms with Crippen molar-refractivity contribution in [3.05, 3.63) is 102 Å². The molecule has 0 fully saturated rings. The summed E-state index contributed by atoms with van der Waals surface area (Å²) in [5.74, 6) is 0.130. The summed E-state index contributed by atoms with van der Waals surface area (Å²) in [4.78, 5) is 22.8. The summed E-state index contributed by atoms with van der Waals surface area (Å²) in [6.45, 7) is -0.413. The first-order chi connectivity index (χ1) is 13.6. The zero-order valence-corrected chi connectivity index (χ0v) is 15.5. The predicted octanol–water partition coefficient (Wildman–Crippen LogP) is 3.47. The summed E-state index contributed by atoms with van der Waals surface area (Å²) >= 11 is 0. The third-order valence-corrected chi connectivity index (χ3v) is 3.98. The van der Waals surface area contributed by atoms with Gasteiger partial charge in [-0.2, -0.15) is 0 Å². The minimum atomic E-state index is -1.13. The van der Waals surface area contributed by atoms with Gasteiger partial charge in [-0.05, 0) is 29.8 Å². The van der Waals surface area contributed by atoms with Crippen molar-refractivity contribution < 1.29 is 24.5 Å². The molecule has 0 amide bonds. The molecule has 28 heavy (non-hydrogen) atoms. The van der Waals surface area contributed by atoms with E-state index in [9.17, 15) is 14.7 Å². The smallest absolute Gasteiger partial charge is 0.195 e. The van der Waals surface area contributed by atoms with E-state index in [-0.39, 0.29) is 11.6 Å². The number of hydrogen-bond donors (Lipinski definition) is 2. The maximum absolute atomic E-state index is 12.1. The normalized spacial score (nSPS) is 11.0. The monoisotopic (exact) mass is 378 g/mol. The lowest BCUT2D eigenvalue weighted by molar-refractivity contribution is 0.0747. The van der Waals surface area contributed by atoms with Crippen molar-refractivity contribution in [1.82, 2.24) is 0 Å². The Kier molecular flexibility index (Phi) is 8.09. The van der Waals surface area contributed by atoms with Gasteiger partial charge in [-0.25, -0.2) is 0 Å². The van der Waals surface area contributed by atoms with E-state index in [0.717, 1.165) is 0 Å². The van der Waals surface area contributed by atoms with E-state index >= 15 is 0 Å². The van der Waals surface area contributed by atoms with Crippen LogP contribution in [0.4, 0.5) is 0 Å². The molecule has 1 unspecified atom stereocenters. The highest BCUT2D eigenvalue weighted by molar-refractivity contribution is 6.00. The Morgan fingerprint density at radius 1 is 0.821 bits per heavy atom. The van der Waals surface area contributed by atoms with Crippen LogP contribution < -0.4 is 4.74 Å². The Labute approximate surface area is 163 Å². The van der Waals surface area contributed by atoms with Crippen LogP contribution in [0.5, 0.6) is 5.75 Å². The van der Waals surface area contributed by atoms with Crippen LogP contribution in [0.15, 0.2) is 84.9 Å². The zero-order valence-electron chi connectivity index (χ0n) is 15.5. The van der Waals surface area contributed by atoms with Crippen molar-refractivity contribution in [3.63, 3.8) is 0 Å². The van der Waals surface area contributed by atoms with E-state index in [2.05, 4.69) is 0 Å². The average Bonchev–Trinajstić information content (AvgIpc) is 2.79. The summed E-state index contributed by atoms with van der Waals surface area (Å²) in [5.41, 5.74) is 1.62. The Morgan fingerprint density at radius 2 is 1.36 bits per heavy atom. The fourth-order valence-electron chi connectivity index (χ4n) is 2.42. The van der Waals surface area contributed by atoms with Crippen molar-refractivity contribution in [1.29, 1.82) is 0 Å². The third kappa shape index (κ3) is 5.87. The first-order valence-corrected chi connectivity index (χ1v) is 8.67. The molecule has 5 nitrogen and oxygen atoms in total. The second-order valence-electron chi connectivity index (χ2n) is 5.85. The molecule has 1 atom stereocenters. The van der Waals surface area contributed by atoms with E-state index in [0.29, 0.717) is 22.4 Å². The Balaban J connectivity index is 0.000000237.